The molecule has 5 nitrogen and oxygen atoms in total. The van der Waals surface area contributed by atoms with E-state index in [4.69, 9.17) is 11.6 Å². The van der Waals surface area contributed by atoms with E-state index in [1.54, 1.807) is 22.5 Å². The number of benzene rings is 3. The van der Waals surface area contributed by atoms with Crippen molar-refractivity contribution in [2.45, 2.75) is 41.5 Å². The summed E-state index contributed by atoms with van der Waals surface area (Å²) < 4.78 is 31.9. The number of anilines is 1. The Labute approximate surface area is 220 Å². The van der Waals surface area contributed by atoms with Crippen LogP contribution < -0.4 is 10.0 Å². The lowest BCUT2D eigenvalue weighted by molar-refractivity contribution is -0.255. The summed E-state index contributed by atoms with van der Waals surface area (Å²) in [6.07, 6.45) is 2.06. The standard InChI is InChI=1S/C28H21ClF2N2O3S/c1-15-26(37-21-8-4-5-16(23(21)30)27(35)36)17-9-10-19(29)24(31)25(17)32(15)13-22(34)33-14-28(11-12-28)18-6-2-3-7-20(18)33/h2-10H,11-14H2,1H3,(H,35,36)/p-1. The van der Waals surface area contributed by atoms with Crippen molar-refractivity contribution in [3.63, 3.8) is 0 Å². The van der Waals surface area contributed by atoms with Gasteiger partial charge in [-0.05, 0) is 49.6 Å². The van der Waals surface area contributed by atoms with Crippen LogP contribution in [0.25, 0.3) is 10.9 Å². The first kappa shape index (κ1) is 24.0. The third kappa shape index (κ3) is 3.73. The first-order chi connectivity index (χ1) is 17.7. The zero-order valence-corrected chi connectivity index (χ0v) is 21.3. The highest BCUT2D eigenvalue weighted by Gasteiger charge is 2.52. The smallest absolute Gasteiger partial charge is 0.246 e. The Kier molecular flexibility index (Phi) is 5.58. The van der Waals surface area contributed by atoms with Gasteiger partial charge in [0.25, 0.3) is 0 Å². The van der Waals surface area contributed by atoms with Gasteiger partial charge in [-0.3, -0.25) is 4.79 Å². The van der Waals surface area contributed by atoms with Gasteiger partial charge in [-0.2, -0.15) is 0 Å². The van der Waals surface area contributed by atoms with Gasteiger partial charge in [-0.25, -0.2) is 8.78 Å². The highest BCUT2D eigenvalue weighted by atomic mass is 35.5. The van der Waals surface area contributed by atoms with E-state index in [0.29, 0.717) is 22.5 Å². The van der Waals surface area contributed by atoms with Crippen molar-refractivity contribution in [2.24, 2.45) is 0 Å². The van der Waals surface area contributed by atoms with Crippen LogP contribution in [0.15, 0.2) is 64.4 Å². The van der Waals surface area contributed by atoms with Gasteiger partial charge in [0.15, 0.2) is 5.82 Å². The number of halogens is 3. The molecule has 0 bridgehead atoms. The molecule has 1 aliphatic carbocycles. The number of hydrogen-bond acceptors (Lipinski definition) is 4. The van der Waals surface area contributed by atoms with Gasteiger partial charge in [0, 0.05) is 44.1 Å². The molecule has 9 heteroatoms. The lowest BCUT2D eigenvalue weighted by Crippen LogP contribution is -2.34. The number of carboxylic acid groups (broad SMARTS) is 1. The van der Waals surface area contributed by atoms with Crippen molar-refractivity contribution >= 4 is 51.8 Å². The molecule has 1 aromatic heterocycles. The van der Waals surface area contributed by atoms with Gasteiger partial charge in [0.2, 0.25) is 5.91 Å². The Bertz CT molecular complexity index is 1630. The number of aromatic nitrogens is 1. The molecular weight excluding hydrogens is 518 g/mol. The molecule has 0 saturated heterocycles. The topological polar surface area (TPSA) is 65.4 Å². The summed E-state index contributed by atoms with van der Waals surface area (Å²) in [5.74, 6) is -3.41. The van der Waals surface area contributed by atoms with Crippen LogP contribution >= 0.6 is 23.4 Å². The molecule has 0 N–H and O–H groups in total. The van der Waals surface area contributed by atoms with E-state index < -0.39 is 23.2 Å². The number of carboxylic acids is 1. The highest BCUT2D eigenvalue weighted by Crippen LogP contribution is 2.56. The van der Waals surface area contributed by atoms with E-state index in [0.717, 1.165) is 36.4 Å². The lowest BCUT2D eigenvalue weighted by atomic mass is 9.99. The number of rotatable bonds is 5. The average molecular weight is 538 g/mol. The molecule has 2 aliphatic rings. The van der Waals surface area contributed by atoms with Crippen LogP contribution in [0.2, 0.25) is 5.02 Å². The minimum absolute atomic E-state index is 0.0111. The first-order valence-electron chi connectivity index (χ1n) is 11.8. The summed E-state index contributed by atoms with van der Waals surface area (Å²) in [6, 6.07) is 14.9. The van der Waals surface area contributed by atoms with E-state index in [1.807, 2.05) is 18.2 Å². The maximum atomic E-state index is 15.4. The summed E-state index contributed by atoms with van der Waals surface area (Å²) in [7, 11) is 0. The van der Waals surface area contributed by atoms with E-state index in [1.165, 1.54) is 23.8 Å². The molecule has 0 radical (unpaired) electrons. The number of nitrogens with zero attached hydrogens (tertiary/aromatic N) is 2. The Balaban J connectivity index is 1.42. The van der Waals surface area contributed by atoms with Crippen molar-refractivity contribution < 1.29 is 23.5 Å². The molecule has 0 atom stereocenters. The number of para-hydroxylation sites is 1. The normalized spacial score (nSPS) is 15.4. The molecule has 1 spiro atoms. The largest absolute Gasteiger partial charge is 0.545 e. The molecule has 1 aliphatic heterocycles. The Morgan fingerprint density at radius 3 is 2.54 bits per heavy atom. The number of carbonyl (C=O) groups excluding carboxylic acids is 2. The van der Waals surface area contributed by atoms with E-state index >= 15 is 4.39 Å². The molecule has 6 rings (SSSR count). The molecule has 1 fully saturated rings. The number of carbonyl (C=O) groups is 2. The number of hydrogen-bond donors (Lipinski definition) is 0. The van der Waals surface area contributed by atoms with Gasteiger partial charge >= 0.3 is 0 Å². The quantitative estimate of drug-likeness (QED) is 0.338. The number of aromatic carboxylic acids is 1. The Morgan fingerprint density at radius 2 is 1.81 bits per heavy atom. The zero-order valence-electron chi connectivity index (χ0n) is 19.7. The molecule has 3 aromatic carbocycles. The van der Waals surface area contributed by atoms with Gasteiger partial charge in [0.05, 0.1) is 16.5 Å². The lowest BCUT2D eigenvalue weighted by Gasteiger charge is -2.19. The van der Waals surface area contributed by atoms with E-state index in [2.05, 4.69) is 6.07 Å². The first-order valence-corrected chi connectivity index (χ1v) is 13.0. The summed E-state index contributed by atoms with van der Waals surface area (Å²) in [5.41, 5.74) is 2.20. The van der Waals surface area contributed by atoms with Gasteiger partial charge in [0.1, 0.15) is 12.4 Å². The fourth-order valence-electron chi connectivity index (χ4n) is 5.31. The number of fused-ring (bicyclic) bond motifs is 3. The van der Waals surface area contributed by atoms with Crippen LogP contribution in [0.1, 0.15) is 34.5 Å². The SMILES string of the molecule is Cc1c(Sc2cccc(C(=O)[O-])c2F)c2ccc(Cl)c(F)c2n1CC(=O)N1CC2(CC2)c2ccccc21. The second-order valence-corrected chi connectivity index (χ2v) is 11.0. The molecule has 188 valence electrons. The molecule has 37 heavy (non-hydrogen) atoms. The van der Waals surface area contributed by atoms with Gasteiger partial charge in [-0.15, -0.1) is 0 Å². The van der Waals surface area contributed by atoms with Crippen molar-refractivity contribution in [2.75, 3.05) is 11.4 Å². The summed E-state index contributed by atoms with van der Waals surface area (Å²) in [6.45, 7) is 2.19. The van der Waals surface area contributed by atoms with Crippen molar-refractivity contribution in [1.29, 1.82) is 0 Å². The molecule has 1 amide bonds. The Hall–Kier alpha value is -3.36. The minimum Gasteiger partial charge on any atom is -0.545 e. The van der Waals surface area contributed by atoms with Crippen LogP contribution in [0.5, 0.6) is 0 Å². The summed E-state index contributed by atoms with van der Waals surface area (Å²) in [5, 5.41) is 11.7. The third-order valence-electron chi connectivity index (χ3n) is 7.39. The van der Waals surface area contributed by atoms with Crippen molar-refractivity contribution in [1.82, 2.24) is 4.57 Å². The van der Waals surface area contributed by atoms with Crippen LogP contribution in [0.3, 0.4) is 0 Å². The van der Waals surface area contributed by atoms with Gasteiger partial charge < -0.3 is 19.4 Å². The van der Waals surface area contributed by atoms with Crippen molar-refractivity contribution in [3.05, 3.63) is 88.1 Å². The fourth-order valence-corrected chi connectivity index (χ4v) is 6.56. The van der Waals surface area contributed by atoms with Crippen LogP contribution in [0.4, 0.5) is 14.5 Å². The second-order valence-electron chi connectivity index (χ2n) is 9.54. The molecule has 2 heterocycles. The van der Waals surface area contributed by atoms with Gasteiger partial charge in [-0.1, -0.05) is 53.7 Å². The zero-order chi connectivity index (χ0) is 26.1. The molecule has 4 aromatic rings. The van der Waals surface area contributed by atoms with Crippen LogP contribution in [-0.4, -0.2) is 23.0 Å². The average Bonchev–Trinajstić information content (AvgIpc) is 3.52. The van der Waals surface area contributed by atoms with Crippen LogP contribution in [-0.2, 0) is 16.8 Å². The molecular formula is C28H20ClF2N2O3S-. The van der Waals surface area contributed by atoms with Crippen LogP contribution in [0, 0.1) is 18.6 Å². The summed E-state index contributed by atoms with van der Waals surface area (Å²) in [4.78, 5) is 27.3. The predicted molar refractivity (Wildman–Crippen MR) is 136 cm³/mol. The maximum absolute atomic E-state index is 15.4. The van der Waals surface area contributed by atoms with Crippen molar-refractivity contribution in [3.8, 4) is 0 Å². The highest BCUT2D eigenvalue weighted by molar-refractivity contribution is 7.99. The number of amides is 1. The fraction of sp³-hybridized carbons (Fsp3) is 0.214. The minimum atomic E-state index is -1.62. The maximum Gasteiger partial charge on any atom is 0.246 e. The van der Waals surface area contributed by atoms with E-state index in [9.17, 15) is 19.1 Å². The summed E-state index contributed by atoms with van der Waals surface area (Å²) >= 11 is 7.09. The molecule has 1 saturated carbocycles. The third-order valence-corrected chi connectivity index (χ3v) is 8.93. The molecule has 0 unspecified atom stereocenters. The predicted octanol–water partition coefficient (Wildman–Crippen LogP) is 5.47. The monoisotopic (exact) mass is 537 g/mol. The van der Waals surface area contributed by atoms with E-state index in [-0.39, 0.29) is 33.3 Å². The Morgan fingerprint density at radius 1 is 1.05 bits per heavy atom. The second kappa shape index (κ2) is 8.60.